The summed E-state index contributed by atoms with van der Waals surface area (Å²) in [4.78, 5) is 17.9. The zero-order chi connectivity index (χ0) is 14.5. The van der Waals surface area contributed by atoms with Gasteiger partial charge in [0.1, 0.15) is 0 Å². The molecule has 0 aliphatic rings. The Hall–Kier alpha value is -2.56. The van der Waals surface area contributed by atoms with Gasteiger partial charge in [-0.25, -0.2) is 0 Å². The minimum Gasteiger partial charge on any atom is -0.397 e. The fourth-order valence-electron chi connectivity index (χ4n) is 1.89. The highest BCUT2D eigenvalue weighted by molar-refractivity contribution is 5.96. The Labute approximate surface area is 118 Å². The second-order valence-electron chi connectivity index (χ2n) is 4.71. The van der Waals surface area contributed by atoms with Gasteiger partial charge in [-0.05, 0) is 35.9 Å². The van der Waals surface area contributed by atoms with Crippen molar-refractivity contribution in [2.75, 3.05) is 24.7 Å². The molecular weight excluding hydrogens is 252 g/mol. The molecule has 0 saturated heterocycles. The molecule has 5 heteroatoms. The van der Waals surface area contributed by atoms with E-state index in [4.69, 9.17) is 5.73 Å². The van der Waals surface area contributed by atoms with Crippen molar-refractivity contribution in [1.82, 2.24) is 10.3 Å². The summed E-state index contributed by atoms with van der Waals surface area (Å²) in [7, 11) is 3.82. The van der Waals surface area contributed by atoms with Crippen molar-refractivity contribution in [1.29, 1.82) is 0 Å². The van der Waals surface area contributed by atoms with Crippen molar-refractivity contribution in [2.45, 2.75) is 6.54 Å². The van der Waals surface area contributed by atoms with E-state index < -0.39 is 0 Å². The number of carbonyl (C=O) groups is 1. The standard InChI is InChI=1S/C15H18N4O/c1-19(2)14-4-3-12(9-13(14)16)15(20)18-10-11-5-7-17-8-6-11/h3-9H,10,16H2,1-2H3,(H,18,20). The molecule has 2 aromatic rings. The number of hydrogen-bond donors (Lipinski definition) is 2. The molecule has 0 bridgehead atoms. The summed E-state index contributed by atoms with van der Waals surface area (Å²) in [5.74, 6) is -0.140. The number of nitrogens with one attached hydrogen (secondary N) is 1. The molecule has 5 nitrogen and oxygen atoms in total. The van der Waals surface area contributed by atoms with Crippen LogP contribution in [0.4, 0.5) is 11.4 Å². The highest BCUT2D eigenvalue weighted by Gasteiger charge is 2.08. The first-order valence-electron chi connectivity index (χ1n) is 6.32. The first-order chi connectivity index (χ1) is 9.58. The SMILES string of the molecule is CN(C)c1ccc(C(=O)NCc2ccncc2)cc1N. The van der Waals surface area contributed by atoms with Crippen LogP contribution in [0.1, 0.15) is 15.9 Å². The monoisotopic (exact) mass is 270 g/mol. The predicted octanol–water partition coefficient (Wildman–Crippen LogP) is 1.66. The molecule has 20 heavy (non-hydrogen) atoms. The molecule has 1 heterocycles. The lowest BCUT2D eigenvalue weighted by atomic mass is 10.1. The summed E-state index contributed by atoms with van der Waals surface area (Å²) in [6, 6.07) is 9.04. The van der Waals surface area contributed by atoms with Crippen molar-refractivity contribution < 1.29 is 4.79 Å². The number of nitrogens with zero attached hydrogens (tertiary/aromatic N) is 2. The van der Waals surface area contributed by atoms with Crippen LogP contribution in [0.2, 0.25) is 0 Å². The lowest BCUT2D eigenvalue weighted by Crippen LogP contribution is -2.23. The largest absolute Gasteiger partial charge is 0.397 e. The Bertz CT molecular complexity index is 596. The minimum absolute atomic E-state index is 0.140. The molecule has 0 saturated carbocycles. The predicted molar refractivity (Wildman–Crippen MR) is 80.6 cm³/mol. The van der Waals surface area contributed by atoms with Crippen molar-refractivity contribution in [2.24, 2.45) is 0 Å². The minimum atomic E-state index is -0.140. The number of aromatic nitrogens is 1. The quantitative estimate of drug-likeness (QED) is 0.829. The Morgan fingerprint density at radius 1 is 1.25 bits per heavy atom. The van der Waals surface area contributed by atoms with Crippen LogP contribution in [0.15, 0.2) is 42.7 Å². The van der Waals surface area contributed by atoms with Gasteiger partial charge >= 0.3 is 0 Å². The van der Waals surface area contributed by atoms with Crippen LogP contribution in [-0.4, -0.2) is 25.0 Å². The molecule has 0 spiro atoms. The Balaban J connectivity index is 2.04. The van der Waals surface area contributed by atoms with Crippen LogP contribution in [-0.2, 0) is 6.54 Å². The number of anilines is 2. The van der Waals surface area contributed by atoms with Crippen molar-refractivity contribution in [3.63, 3.8) is 0 Å². The van der Waals surface area contributed by atoms with Crippen molar-refractivity contribution in [3.8, 4) is 0 Å². The van der Waals surface area contributed by atoms with Crippen molar-refractivity contribution >= 4 is 17.3 Å². The van der Waals surface area contributed by atoms with E-state index >= 15 is 0 Å². The highest BCUT2D eigenvalue weighted by atomic mass is 16.1. The van der Waals surface area contributed by atoms with E-state index in [-0.39, 0.29) is 5.91 Å². The zero-order valence-corrected chi connectivity index (χ0v) is 11.6. The van der Waals surface area contributed by atoms with E-state index in [1.54, 1.807) is 24.5 Å². The molecule has 0 atom stereocenters. The topological polar surface area (TPSA) is 71.2 Å². The summed E-state index contributed by atoms with van der Waals surface area (Å²) >= 11 is 0. The molecule has 1 amide bonds. The maximum Gasteiger partial charge on any atom is 0.251 e. The summed E-state index contributed by atoms with van der Waals surface area (Å²) in [6.45, 7) is 0.469. The second kappa shape index (κ2) is 6.06. The third kappa shape index (κ3) is 3.26. The van der Waals surface area contributed by atoms with Gasteiger partial charge in [0.05, 0.1) is 11.4 Å². The summed E-state index contributed by atoms with van der Waals surface area (Å²) in [5.41, 5.74) is 8.99. The van der Waals surface area contributed by atoms with Crippen LogP contribution >= 0.6 is 0 Å². The van der Waals surface area contributed by atoms with Crippen LogP contribution in [0.25, 0.3) is 0 Å². The molecule has 0 fully saturated rings. The molecule has 104 valence electrons. The van der Waals surface area contributed by atoms with Gasteiger partial charge < -0.3 is 16.0 Å². The van der Waals surface area contributed by atoms with E-state index in [1.807, 2.05) is 37.2 Å². The van der Waals surface area contributed by atoms with Gasteiger partial charge in [-0.15, -0.1) is 0 Å². The van der Waals surface area contributed by atoms with E-state index in [2.05, 4.69) is 10.3 Å². The molecule has 1 aromatic heterocycles. The molecule has 0 aliphatic carbocycles. The molecule has 3 N–H and O–H groups in total. The van der Waals surface area contributed by atoms with Gasteiger partial charge in [-0.2, -0.15) is 0 Å². The highest BCUT2D eigenvalue weighted by Crippen LogP contribution is 2.22. The van der Waals surface area contributed by atoms with E-state index in [1.165, 1.54) is 0 Å². The lowest BCUT2D eigenvalue weighted by Gasteiger charge is -2.15. The molecule has 1 aromatic carbocycles. The van der Waals surface area contributed by atoms with Crippen molar-refractivity contribution in [3.05, 3.63) is 53.9 Å². The summed E-state index contributed by atoms with van der Waals surface area (Å²) in [5, 5.41) is 2.86. The lowest BCUT2D eigenvalue weighted by molar-refractivity contribution is 0.0951. The Morgan fingerprint density at radius 2 is 1.95 bits per heavy atom. The number of carbonyl (C=O) groups excluding carboxylic acids is 1. The van der Waals surface area contributed by atoms with Crippen LogP contribution in [0.3, 0.4) is 0 Å². The first kappa shape index (κ1) is 13.9. The number of benzene rings is 1. The normalized spacial score (nSPS) is 10.1. The number of rotatable bonds is 4. The maximum atomic E-state index is 12.1. The Kier molecular flexibility index (Phi) is 4.20. The van der Waals surface area contributed by atoms with Crippen LogP contribution in [0, 0.1) is 0 Å². The van der Waals surface area contributed by atoms with Gasteiger partial charge in [-0.1, -0.05) is 0 Å². The maximum absolute atomic E-state index is 12.1. The fourth-order valence-corrected chi connectivity index (χ4v) is 1.89. The third-order valence-electron chi connectivity index (χ3n) is 2.97. The number of nitrogens with two attached hydrogens (primary N) is 1. The molecule has 0 unspecified atom stereocenters. The van der Waals surface area contributed by atoms with Gasteiger partial charge in [0.25, 0.3) is 5.91 Å². The van der Waals surface area contributed by atoms with Gasteiger partial charge in [-0.3, -0.25) is 9.78 Å². The van der Waals surface area contributed by atoms with E-state index in [0.717, 1.165) is 11.3 Å². The molecular formula is C15H18N4O. The van der Waals surface area contributed by atoms with E-state index in [0.29, 0.717) is 17.8 Å². The van der Waals surface area contributed by atoms with Crippen LogP contribution < -0.4 is 16.0 Å². The molecule has 0 radical (unpaired) electrons. The third-order valence-corrected chi connectivity index (χ3v) is 2.97. The number of amides is 1. The van der Waals surface area contributed by atoms with Gasteiger partial charge in [0, 0.05) is 38.6 Å². The average Bonchev–Trinajstić information content (AvgIpc) is 2.45. The summed E-state index contributed by atoms with van der Waals surface area (Å²) < 4.78 is 0. The number of hydrogen-bond acceptors (Lipinski definition) is 4. The van der Waals surface area contributed by atoms with E-state index in [9.17, 15) is 4.79 Å². The number of pyridine rings is 1. The molecule has 0 aliphatic heterocycles. The Morgan fingerprint density at radius 3 is 2.55 bits per heavy atom. The smallest absolute Gasteiger partial charge is 0.251 e. The number of nitrogen functional groups attached to an aromatic ring is 1. The van der Waals surface area contributed by atoms with Crippen LogP contribution in [0.5, 0.6) is 0 Å². The fraction of sp³-hybridized carbons (Fsp3) is 0.200. The average molecular weight is 270 g/mol. The van der Waals surface area contributed by atoms with Gasteiger partial charge in [0.2, 0.25) is 0 Å². The second-order valence-corrected chi connectivity index (χ2v) is 4.71. The first-order valence-corrected chi connectivity index (χ1v) is 6.32. The zero-order valence-electron chi connectivity index (χ0n) is 11.6. The molecule has 2 rings (SSSR count). The summed E-state index contributed by atoms with van der Waals surface area (Å²) in [6.07, 6.45) is 3.40. The van der Waals surface area contributed by atoms with Gasteiger partial charge in [0.15, 0.2) is 0 Å².